The van der Waals surface area contributed by atoms with Crippen molar-refractivity contribution in [1.82, 2.24) is 25.5 Å². The van der Waals surface area contributed by atoms with Crippen molar-refractivity contribution in [1.29, 1.82) is 0 Å². The summed E-state index contributed by atoms with van der Waals surface area (Å²) in [6.45, 7) is 5.71. The number of nitrogens with one attached hydrogen (secondary N) is 4. The number of hydrogen-bond donors (Lipinski definition) is 4. The van der Waals surface area contributed by atoms with E-state index in [0.29, 0.717) is 0 Å². The first-order chi connectivity index (χ1) is 12.6. The highest BCUT2D eigenvalue weighted by Crippen LogP contribution is 2.09. The highest BCUT2D eigenvalue weighted by molar-refractivity contribution is 7.32. The molecule has 0 aliphatic heterocycles. The fourth-order valence-corrected chi connectivity index (χ4v) is 1.79. The average Bonchev–Trinajstić information content (AvgIpc) is 2.56. The van der Waals surface area contributed by atoms with E-state index in [1.165, 1.54) is 4.90 Å². The van der Waals surface area contributed by atoms with Crippen molar-refractivity contribution in [2.24, 2.45) is 4.99 Å². The highest BCUT2D eigenvalue weighted by atomic mass is 31.1. The number of ether oxygens (including phenoxy) is 1. The second-order valence-electron chi connectivity index (χ2n) is 5.88. The molecule has 27 heavy (non-hydrogen) atoms. The molecule has 0 spiro atoms. The van der Waals surface area contributed by atoms with Crippen LogP contribution in [0.3, 0.4) is 0 Å². The summed E-state index contributed by atoms with van der Waals surface area (Å²) in [7, 11) is 4.24. The molecule has 2 atom stereocenters. The Kier molecular flexibility index (Phi) is 12.7. The number of likely N-dealkylation sites (N-methyl/N-ethyl adjacent to an activating group) is 1. The smallest absolute Gasteiger partial charge is 0.440 e. The first-order valence-electron chi connectivity index (χ1n) is 7.87. The van der Waals surface area contributed by atoms with Gasteiger partial charge in [-0.25, -0.2) is 14.4 Å². The van der Waals surface area contributed by atoms with Crippen LogP contribution in [0.15, 0.2) is 4.99 Å². The normalized spacial score (nSPS) is 12.2. The van der Waals surface area contributed by atoms with E-state index < -0.39 is 23.9 Å². The number of hydrogen-bond acceptors (Lipinski definition) is 8. The van der Waals surface area contributed by atoms with Crippen LogP contribution < -0.4 is 20.6 Å². The minimum atomic E-state index is -0.901. The van der Waals surface area contributed by atoms with Crippen LogP contribution in [0.2, 0.25) is 0 Å². The molecule has 0 saturated carbocycles. The molecule has 0 fully saturated rings. The Hall–Kier alpha value is -1.61. The van der Waals surface area contributed by atoms with Gasteiger partial charge in [-0.2, -0.15) is 0 Å². The average molecular weight is 422 g/mol. The Balaban J connectivity index is 4.69. The molecular formula is C11H26B2N6O6P2. The maximum atomic E-state index is 11.9. The van der Waals surface area contributed by atoms with Gasteiger partial charge in [0.25, 0.3) is 0 Å². The Labute approximate surface area is 164 Å². The zero-order valence-corrected chi connectivity index (χ0v) is 18.3. The largest absolute Gasteiger partial charge is 0.444 e. The van der Waals surface area contributed by atoms with Gasteiger partial charge in [-0.05, 0) is 20.8 Å². The van der Waals surface area contributed by atoms with E-state index in [4.69, 9.17) is 13.8 Å². The second kappa shape index (κ2) is 13.5. The van der Waals surface area contributed by atoms with Crippen LogP contribution in [0, 0.1) is 0 Å². The summed E-state index contributed by atoms with van der Waals surface area (Å²) in [6, 6.07) is 0. The van der Waals surface area contributed by atoms with E-state index in [1.54, 1.807) is 43.8 Å². The van der Waals surface area contributed by atoms with Gasteiger partial charge < -0.3 is 34.0 Å². The molecule has 152 valence electrons. The van der Waals surface area contributed by atoms with Crippen molar-refractivity contribution in [3.63, 3.8) is 0 Å². The van der Waals surface area contributed by atoms with Gasteiger partial charge >= 0.3 is 18.3 Å². The Morgan fingerprint density at radius 2 is 1.70 bits per heavy atom. The van der Waals surface area contributed by atoms with Crippen LogP contribution in [0.4, 0.5) is 14.4 Å². The molecule has 0 bridgehead atoms. The monoisotopic (exact) mass is 422 g/mol. The lowest BCUT2D eigenvalue weighted by atomic mass is 10.2. The van der Waals surface area contributed by atoms with E-state index in [-0.39, 0.29) is 37.0 Å². The Bertz CT molecular complexity index is 536. The zero-order chi connectivity index (χ0) is 20.9. The molecule has 0 saturated heterocycles. The molecule has 3 amide bonds. The lowest BCUT2D eigenvalue weighted by molar-refractivity contribution is 0.0302. The van der Waals surface area contributed by atoms with Gasteiger partial charge in [0, 0.05) is 20.1 Å². The molecule has 16 heteroatoms. The molecule has 0 aliphatic rings. The fraction of sp³-hybridized carbons (Fsp3) is 0.636. The third-order valence-electron chi connectivity index (χ3n) is 2.35. The summed E-state index contributed by atoms with van der Waals surface area (Å²) in [5.41, 5.74) is -0.608. The van der Waals surface area contributed by atoms with Crippen LogP contribution >= 0.6 is 17.9 Å². The van der Waals surface area contributed by atoms with Gasteiger partial charge in [0.15, 0.2) is 16.0 Å². The van der Waals surface area contributed by atoms with Crippen molar-refractivity contribution in [2.45, 2.75) is 26.4 Å². The van der Waals surface area contributed by atoms with Crippen molar-refractivity contribution < 1.29 is 28.2 Å². The fourth-order valence-electron chi connectivity index (χ4n) is 1.31. The van der Waals surface area contributed by atoms with Crippen LogP contribution in [-0.2, 0) is 13.8 Å². The third kappa shape index (κ3) is 14.2. The molecule has 0 aromatic heterocycles. The SMILES string of the molecule is BNPOC(=O)/N=C(\NCCN(C)C(=O)OC(C)(C)C)NC(=O)OPNB. The Morgan fingerprint density at radius 1 is 1.11 bits per heavy atom. The van der Waals surface area contributed by atoms with Crippen LogP contribution in [0.5, 0.6) is 0 Å². The molecule has 0 aliphatic carbocycles. The third-order valence-corrected chi connectivity index (χ3v) is 3.33. The predicted molar refractivity (Wildman–Crippen MR) is 110 cm³/mol. The number of carbonyl (C=O) groups excluding carboxylic acids is 3. The number of guanidine groups is 1. The first kappa shape index (κ1) is 25.4. The zero-order valence-electron chi connectivity index (χ0n) is 16.3. The van der Waals surface area contributed by atoms with Crippen molar-refractivity contribution in [3.05, 3.63) is 0 Å². The minimum Gasteiger partial charge on any atom is -0.444 e. The predicted octanol–water partition coefficient (Wildman–Crippen LogP) is -1.05. The van der Waals surface area contributed by atoms with Gasteiger partial charge in [-0.15, -0.1) is 4.99 Å². The lowest BCUT2D eigenvalue weighted by Gasteiger charge is -2.24. The van der Waals surface area contributed by atoms with Gasteiger partial charge in [-0.3, -0.25) is 5.32 Å². The topological polar surface area (TPSA) is 143 Å². The molecule has 0 aromatic rings. The van der Waals surface area contributed by atoms with E-state index in [0.717, 1.165) is 0 Å². The molecule has 0 rings (SSSR count). The van der Waals surface area contributed by atoms with Gasteiger partial charge in [0.1, 0.15) is 23.5 Å². The van der Waals surface area contributed by atoms with Gasteiger partial charge in [0.05, 0.1) is 0 Å². The second-order valence-corrected chi connectivity index (χ2v) is 7.69. The maximum absolute atomic E-state index is 11.9. The maximum Gasteiger partial charge on any atom is 0.440 e. The van der Waals surface area contributed by atoms with Crippen molar-refractivity contribution in [2.75, 3.05) is 20.1 Å². The summed E-state index contributed by atoms with van der Waals surface area (Å²) in [5, 5.41) is 5.03. The molecule has 0 radical (unpaired) electrons. The quantitative estimate of drug-likeness (QED) is 0.133. The van der Waals surface area contributed by atoms with Crippen LogP contribution in [-0.4, -0.2) is 70.8 Å². The molecule has 2 unspecified atom stereocenters. The van der Waals surface area contributed by atoms with Crippen LogP contribution in [0.1, 0.15) is 20.8 Å². The number of carbonyl (C=O) groups is 3. The number of amides is 3. The van der Waals surface area contributed by atoms with E-state index in [2.05, 4.69) is 25.6 Å². The molecule has 0 heterocycles. The molecule has 12 nitrogen and oxygen atoms in total. The van der Waals surface area contributed by atoms with Crippen molar-refractivity contribution in [3.8, 4) is 0 Å². The molecular weight excluding hydrogens is 396 g/mol. The number of nitrogens with zero attached hydrogens (tertiary/aromatic N) is 2. The minimum absolute atomic E-state index is 0.163. The summed E-state index contributed by atoms with van der Waals surface area (Å²) in [6.07, 6.45) is -2.21. The van der Waals surface area contributed by atoms with Gasteiger partial charge in [-0.1, -0.05) is 0 Å². The number of aliphatic imine (C=N–C) groups is 1. The van der Waals surface area contributed by atoms with Crippen molar-refractivity contribution >= 4 is 58.1 Å². The Morgan fingerprint density at radius 3 is 2.26 bits per heavy atom. The first-order valence-corrected chi connectivity index (χ1v) is 9.69. The van der Waals surface area contributed by atoms with Crippen LogP contribution in [0.25, 0.3) is 0 Å². The van der Waals surface area contributed by atoms with E-state index in [1.807, 2.05) is 0 Å². The summed E-state index contributed by atoms with van der Waals surface area (Å²) >= 11 is 0. The number of rotatable bonds is 7. The standard InChI is InChI=1S/C11H26B2N6O6P2/c1-11(2,3)23-10(22)19(4)6-5-14-7(15-8(20)24-26-17-12)16-9(21)25-27-18-13/h17-18,26-27H,5-6,12-13H2,1-4H3,(H2,14,15,16,20,21). The summed E-state index contributed by atoms with van der Waals surface area (Å²) < 4.78 is 14.8. The summed E-state index contributed by atoms with van der Waals surface area (Å²) in [5.74, 6) is -0.163. The van der Waals surface area contributed by atoms with Gasteiger partial charge in [0.2, 0.25) is 5.96 Å². The molecule has 4 N–H and O–H groups in total. The molecule has 0 aromatic carbocycles. The lowest BCUT2D eigenvalue weighted by Crippen LogP contribution is -2.45. The van der Waals surface area contributed by atoms with E-state index in [9.17, 15) is 14.4 Å². The summed E-state index contributed by atoms with van der Waals surface area (Å²) in [4.78, 5) is 45.4. The highest BCUT2D eigenvalue weighted by Gasteiger charge is 2.19. The van der Waals surface area contributed by atoms with E-state index >= 15 is 0 Å².